The van der Waals surface area contributed by atoms with Gasteiger partial charge in [-0.3, -0.25) is 19.2 Å². The SMILES string of the molecule is O=C(CN(c1ccc([N+](=O)[O-])cc1)S(=O)(=O)c1ccccc1)N[C@@H]1CCCC[C@H]1O. The number of sulfonamides is 1. The van der Waals surface area contributed by atoms with Crippen LogP contribution in [0.4, 0.5) is 11.4 Å². The summed E-state index contributed by atoms with van der Waals surface area (Å²) in [4.78, 5) is 23.0. The second kappa shape index (κ2) is 9.23. The molecule has 0 radical (unpaired) electrons. The van der Waals surface area contributed by atoms with Crippen molar-refractivity contribution in [1.29, 1.82) is 0 Å². The molecule has 0 aromatic heterocycles. The molecular weight excluding hydrogens is 410 g/mol. The van der Waals surface area contributed by atoms with E-state index >= 15 is 0 Å². The maximum absolute atomic E-state index is 13.2. The smallest absolute Gasteiger partial charge is 0.269 e. The minimum absolute atomic E-state index is 0.00569. The lowest BCUT2D eigenvalue weighted by atomic mass is 9.92. The van der Waals surface area contributed by atoms with Gasteiger partial charge in [0.05, 0.1) is 27.7 Å². The molecule has 9 nitrogen and oxygen atoms in total. The average molecular weight is 433 g/mol. The summed E-state index contributed by atoms with van der Waals surface area (Å²) >= 11 is 0. The third kappa shape index (κ3) is 4.95. The van der Waals surface area contributed by atoms with Gasteiger partial charge in [-0.1, -0.05) is 31.0 Å². The molecule has 0 aliphatic heterocycles. The molecule has 0 saturated heterocycles. The number of nitro groups is 1. The van der Waals surface area contributed by atoms with Crippen molar-refractivity contribution in [3.05, 3.63) is 64.7 Å². The Balaban J connectivity index is 1.89. The van der Waals surface area contributed by atoms with Gasteiger partial charge in [-0.25, -0.2) is 8.42 Å². The van der Waals surface area contributed by atoms with Gasteiger partial charge in [0.15, 0.2) is 0 Å². The predicted octanol–water partition coefficient (Wildman–Crippen LogP) is 2.21. The Kier molecular flexibility index (Phi) is 6.68. The standard InChI is InChI=1S/C20H23N3O6S/c24-19-9-5-4-8-18(19)21-20(25)14-22(15-10-12-16(13-11-15)23(26)27)30(28,29)17-6-2-1-3-7-17/h1-3,6-7,10-13,18-19,24H,4-5,8-9,14H2,(H,21,25)/t18-,19-/m1/s1. The first kappa shape index (κ1) is 21.7. The Labute approximate surface area is 174 Å². The highest BCUT2D eigenvalue weighted by Gasteiger charge is 2.30. The van der Waals surface area contributed by atoms with E-state index in [1.54, 1.807) is 18.2 Å². The van der Waals surface area contributed by atoms with E-state index < -0.39 is 39.5 Å². The lowest BCUT2D eigenvalue weighted by Gasteiger charge is -2.30. The average Bonchev–Trinajstić information content (AvgIpc) is 2.74. The Morgan fingerprint density at radius 2 is 1.73 bits per heavy atom. The fourth-order valence-corrected chi connectivity index (χ4v) is 4.88. The van der Waals surface area contributed by atoms with Gasteiger partial charge in [0, 0.05) is 12.1 Å². The van der Waals surface area contributed by atoms with Gasteiger partial charge in [0.2, 0.25) is 5.91 Å². The van der Waals surface area contributed by atoms with Crippen LogP contribution in [-0.2, 0) is 14.8 Å². The van der Waals surface area contributed by atoms with Crippen LogP contribution in [0.1, 0.15) is 25.7 Å². The topological polar surface area (TPSA) is 130 Å². The number of nitrogens with zero attached hydrogens (tertiary/aromatic N) is 2. The third-order valence-electron chi connectivity index (χ3n) is 5.04. The number of carbonyl (C=O) groups is 1. The molecule has 1 saturated carbocycles. The summed E-state index contributed by atoms with van der Waals surface area (Å²) in [5, 5.41) is 23.7. The third-order valence-corrected chi connectivity index (χ3v) is 6.83. The number of hydrogen-bond acceptors (Lipinski definition) is 6. The number of non-ortho nitro benzene ring substituents is 1. The van der Waals surface area contributed by atoms with Gasteiger partial charge in [-0.05, 0) is 37.1 Å². The molecule has 3 rings (SSSR count). The number of aliphatic hydroxyl groups is 1. The summed E-state index contributed by atoms with van der Waals surface area (Å²) in [7, 11) is -4.10. The number of hydrogen-bond donors (Lipinski definition) is 2. The molecule has 2 aromatic rings. The fourth-order valence-electron chi connectivity index (χ4n) is 3.44. The summed E-state index contributed by atoms with van der Waals surface area (Å²) in [5.41, 5.74) is -0.0608. The second-order valence-corrected chi connectivity index (χ2v) is 8.99. The molecule has 1 aliphatic carbocycles. The van der Waals surface area contributed by atoms with Crippen molar-refractivity contribution in [3.8, 4) is 0 Å². The highest BCUT2D eigenvalue weighted by Crippen LogP contribution is 2.26. The molecule has 2 atom stereocenters. The van der Waals surface area contributed by atoms with Crippen LogP contribution in [0.2, 0.25) is 0 Å². The lowest BCUT2D eigenvalue weighted by molar-refractivity contribution is -0.384. The van der Waals surface area contributed by atoms with Crippen molar-refractivity contribution in [3.63, 3.8) is 0 Å². The van der Waals surface area contributed by atoms with Gasteiger partial charge in [0.1, 0.15) is 6.54 Å². The molecular formula is C20H23N3O6S. The Hall–Kier alpha value is -2.98. The zero-order valence-electron chi connectivity index (χ0n) is 16.2. The summed E-state index contributed by atoms with van der Waals surface area (Å²) < 4.78 is 27.3. The minimum atomic E-state index is -4.10. The number of rotatable bonds is 7. The van der Waals surface area contributed by atoms with Gasteiger partial charge in [-0.2, -0.15) is 0 Å². The van der Waals surface area contributed by atoms with Crippen LogP contribution in [0.5, 0.6) is 0 Å². The molecule has 30 heavy (non-hydrogen) atoms. The van der Waals surface area contributed by atoms with Crippen molar-refractivity contribution in [2.75, 3.05) is 10.8 Å². The van der Waals surface area contributed by atoms with Crippen LogP contribution < -0.4 is 9.62 Å². The molecule has 0 spiro atoms. The first-order chi connectivity index (χ1) is 14.3. The van der Waals surface area contributed by atoms with Crippen LogP contribution in [0.15, 0.2) is 59.5 Å². The van der Waals surface area contributed by atoms with E-state index in [1.165, 1.54) is 36.4 Å². The van der Waals surface area contributed by atoms with Crippen molar-refractivity contribution < 1.29 is 23.2 Å². The summed E-state index contributed by atoms with van der Waals surface area (Å²) in [6, 6.07) is 12.2. The summed E-state index contributed by atoms with van der Waals surface area (Å²) in [5.74, 6) is -0.557. The normalized spacial score (nSPS) is 19.1. The molecule has 0 unspecified atom stereocenters. The number of amides is 1. The summed E-state index contributed by atoms with van der Waals surface area (Å²) in [6.45, 7) is -0.516. The van der Waals surface area contributed by atoms with Gasteiger partial charge in [0.25, 0.3) is 15.7 Å². The van der Waals surface area contributed by atoms with E-state index in [1.807, 2.05) is 0 Å². The van der Waals surface area contributed by atoms with E-state index in [9.17, 15) is 28.4 Å². The molecule has 2 aromatic carbocycles. The lowest BCUT2D eigenvalue weighted by Crippen LogP contribution is -2.49. The first-order valence-corrected chi connectivity index (χ1v) is 11.0. The zero-order chi connectivity index (χ0) is 21.7. The number of nitrogens with one attached hydrogen (secondary N) is 1. The fraction of sp³-hybridized carbons (Fsp3) is 0.350. The summed E-state index contributed by atoms with van der Waals surface area (Å²) in [6.07, 6.45) is 2.29. The first-order valence-electron chi connectivity index (χ1n) is 9.59. The molecule has 1 amide bonds. The number of benzene rings is 2. The molecule has 1 fully saturated rings. The maximum atomic E-state index is 13.2. The van der Waals surface area contributed by atoms with Crippen LogP contribution in [0, 0.1) is 10.1 Å². The largest absolute Gasteiger partial charge is 0.391 e. The highest BCUT2D eigenvalue weighted by atomic mass is 32.2. The molecule has 160 valence electrons. The number of carbonyl (C=O) groups excluding carboxylic acids is 1. The molecule has 10 heteroatoms. The van der Waals surface area contributed by atoms with E-state index in [-0.39, 0.29) is 16.3 Å². The zero-order valence-corrected chi connectivity index (χ0v) is 17.0. The number of nitro benzene ring substituents is 1. The Bertz CT molecular complexity index is 995. The van der Waals surface area contributed by atoms with Crippen molar-refractivity contribution in [2.24, 2.45) is 0 Å². The van der Waals surface area contributed by atoms with Crippen LogP contribution in [0.25, 0.3) is 0 Å². The highest BCUT2D eigenvalue weighted by molar-refractivity contribution is 7.92. The Morgan fingerprint density at radius 3 is 2.33 bits per heavy atom. The number of aliphatic hydroxyl groups excluding tert-OH is 1. The van der Waals surface area contributed by atoms with E-state index in [0.29, 0.717) is 12.8 Å². The molecule has 0 heterocycles. The quantitative estimate of drug-likeness (QED) is 0.509. The van der Waals surface area contributed by atoms with E-state index in [2.05, 4.69) is 5.32 Å². The van der Waals surface area contributed by atoms with E-state index in [4.69, 9.17) is 0 Å². The maximum Gasteiger partial charge on any atom is 0.269 e. The molecule has 0 bridgehead atoms. The van der Waals surface area contributed by atoms with Crippen molar-refractivity contribution in [2.45, 2.75) is 42.7 Å². The molecule has 2 N–H and O–H groups in total. The minimum Gasteiger partial charge on any atom is -0.391 e. The second-order valence-electron chi connectivity index (χ2n) is 7.12. The van der Waals surface area contributed by atoms with Crippen LogP contribution >= 0.6 is 0 Å². The van der Waals surface area contributed by atoms with Gasteiger partial charge >= 0.3 is 0 Å². The van der Waals surface area contributed by atoms with Crippen molar-refractivity contribution >= 4 is 27.3 Å². The van der Waals surface area contributed by atoms with Crippen LogP contribution in [0.3, 0.4) is 0 Å². The molecule has 1 aliphatic rings. The van der Waals surface area contributed by atoms with E-state index in [0.717, 1.165) is 17.1 Å². The van der Waals surface area contributed by atoms with Gasteiger partial charge in [-0.15, -0.1) is 0 Å². The van der Waals surface area contributed by atoms with Gasteiger partial charge < -0.3 is 10.4 Å². The Morgan fingerprint density at radius 1 is 1.10 bits per heavy atom. The monoisotopic (exact) mass is 433 g/mol. The van der Waals surface area contributed by atoms with Crippen molar-refractivity contribution in [1.82, 2.24) is 5.32 Å². The predicted molar refractivity (Wildman–Crippen MR) is 110 cm³/mol. The van der Waals surface area contributed by atoms with Crippen LogP contribution in [-0.4, -0.2) is 43.0 Å². The number of anilines is 1.